The number of hydrogen-bond acceptors (Lipinski definition) is 3. The smallest absolute Gasteiger partial charge is 0.412 e. The summed E-state index contributed by atoms with van der Waals surface area (Å²) in [5.74, 6) is 0. The summed E-state index contributed by atoms with van der Waals surface area (Å²) in [5.41, 5.74) is 10.4. The van der Waals surface area contributed by atoms with E-state index in [1.54, 1.807) is 6.07 Å². The number of carbonyl (C=O) groups excluding carboxylic acids is 1. The van der Waals surface area contributed by atoms with Crippen molar-refractivity contribution < 1.29 is 10.9 Å². The number of ether oxygens (including phenoxy) is 1. The van der Waals surface area contributed by atoms with Crippen LogP contribution in [-0.2, 0) is 15.6 Å². The molecule has 0 heterocycles. The van der Waals surface area contributed by atoms with Gasteiger partial charge in [0.05, 0.1) is 1.37 Å². The van der Waals surface area contributed by atoms with E-state index in [1.807, 2.05) is 45.0 Å². The molecule has 0 aliphatic carbocycles. The van der Waals surface area contributed by atoms with Crippen molar-refractivity contribution in [2.45, 2.75) is 64.9 Å². The number of amides is 1. The van der Waals surface area contributed by atoms with E-state index in [1.165, 1.54) is 11.1 Å². The van der Waals surface area contributed by atoms with Gasteiger partial charge < -0.3 is 10.5 Å². The molecule has 174 valence electrons. The van der Waals surface area contributed by atoms with Crippen molar-refractivity contribution in [1.29, 1.82) is 0 Å². The molecule has 0 spiro atoms. The molecule has 4 nitrogen and oxygen atoms in total. The minimum atomic E-state index is -0.579. The summed E-state index contributed by atoms with van der Waals surface area (Å²) in [4.78, 5) is 12.1. The number of rotatable bonds is 5. The Morgan fingerprint density at radius 2 is 1.15 bits per heavy atom. The van der Waals surface area contributed by atoms with Crippen LogP contribution in [0.5, 0.6) is 0 Å². The Morgan fingerprint density at radius 3 is 1.61 bits per heavy atom. The summed E-state index contributed by atoms with van der Waals surface area (Å²) < 4.78 is 13.9. The maximum Gasteiger partial charge on any atom is 0.412 e. The zero-order valence-electron chi connectivity index (χ0n) is 21.7. The molecule has 0 aliphatic heterocycles. The summed E-state index contributed by atoms with van der Waals surface area (Å²) in [5, 5.41) is 2.71. The predicted octanol–water partition coefficient (Wildman–Crippen LogP) is 7.27. The summed E-state index contributed by atoms with van der Waals surface area (Å²) in [7, 11) is 0. The second-order valence-electron chi connectivity index (χ2n) is 10.6. The molecule has 3 N–H and O–H groups in total. The highest BCUT2D eigenvalue weighted by molar-refractivity contribution is 5.84. The van der Waals surface area contributed by atoms with Gasteiger partial charge in [0.15, 0.2) is 0 Å². The highest BCUT2D eigenvalue weighted by Gasteiger charge is 2.26. The molecule has 0 bridgehead atoms. The van der Waals surface area contributed by atoms with Crippen molar-refractivity contribution in [3.63, 3.8) is 0 Å². The van der Waals surface area contributed by atoms with Crippen molar-refractivity contribution in [3.05, 3.63) is 95.0 Å². The summed E-state index contributed by atoms with van der Waals surface area (Å²) in [6.45, 7) is 14.1. The van der Waals surface area contributed by atoms with Crippen LogP contribution in [0.25, 0.3) is 0 Å². The van der Waals surface area contributed by atoms with Crippen LogP contribution in [0.3, 0.4) is 0 Å². The van der Waals surface area contributed by atoms with Gasteiger partial charge >= 0.3 is 6.09 Å². The average Bonchev–Trinajstić information content (AvgIpc) is 2.72. The summed E-state index contributed by atoms with van der Waals surface area (Å²) >= 11 is 0. The van der Waals surface area contributed by atoms with Gasteiger partial charge in [-0.15, -0.1) is 0 Å². The molecule has 0 fully saturated rings. The van der Waals surface area contributed by atoms with Crippen molar-refractivity contribution in [1.82, 2.24) is 0 Å². The quantitative estimate of drug-likeness (QED) is 0.406. The van der Waals surface area contributed by atoms with E-state index in [4.69, 9.17) is 11.8 Å². The van der Waals surface area contributed by atoms with Crippen LogP contribution in [0, 0.1) is 0 Å². The Hall–Kier alpha value is -3.27. The molecule has 0 aromatic heterocycles. The van der Waals surface area contributed by atoms with Gasteiger partial charge in [-0.05, 0) is 67.3 Å². The lowest BCUT2D eigenvalue weighted by molar-refractivity contribution is 0.0636. The largest absolute Gasteiger partial charge is 0.444 e. The van der Waals surface area contributed by atoms with Crippen molar-refractivity contribution >= 4 is 17.5 Å². The molecular formula is C29H36N2O2. The first-order valence-electron chi connectivity index (χ1n) is 11.8. The lowest BCUT2D eigenvalue weighted by Gasteiger charge is -2.29. The zero-order valence-corrected chi connectivity index (χ0v) is 20.7. The number of nitrogens with one attached hydrogen (secondary N) is 1. The molecule has 0 radical (unpaired) electrons. The number of nitrogen functional groups attached to an aromatic ring is 1. The van der Waals surface area contributed by atoms with Crippen molar-refractivity contribution in [3.8, 4) is 0 Å². The zero-order chi connectivity index (χ0) is 25.3. The van der Waals surface area contributed by atoms with Gasteiger partial charge in [-0.2, -0.15) is 0 Å². The average molecular weight is 446 g/mol. The number of nitrogens with two attached hydrogens (primary N) is 1. The molecule has 0 saturated heterocycles. The highest BCUT2D eigenvalue weighted by atomic mass is 16.6. The van der Waals surface area contributed by atoms with Gasteiger partial charge in [0, 0.05) is 22.2 Å². The maximum atomic E-state index is 12.1. The molecule has 0 unspecified atom stereocenters. The third-order valence-corrected chi connectivity index (χ3v) is 6.09. The monoisotopic (exact) mass is 445 g/mol. The fraction of sp³-hybridized carbons (Fsp3) is 0.345. The van der Waals surface area contributed by atoms with Crippen LogP contribution >= 0.6 is 0 Å². The van der Waals surface area contributed by atoms with E-state index in [0.29, 0.717) is 11.7 Å². The molecule has 4 heteroatoms. The van der Waals surface area contributed by atoms with E-state index < -0.39 is 11.7 Å². The molecule has 0 aliphatic rings. The SMILES string of the molecule is [2H]c1cc(NC(=O)OC(C)(C)C)ccc1C(C)(C)c1ccc(C(C)(C)c2ccc(N)cc2)cc1. The van der Waals surface area contributed by atoms with Crippen molar-refractivity contribution in [2.24, 2.45) is 0 Å². The summed E-state index contributed by atoms with van der Waals surface area (Å²) in [6.07, 6.45) is -0.529. The lowest BCUT2D eigenvalue weighted by atomic mass is 9.74. The minimum absolute atomic E-state index is 0.161. The second kappa shape index (κ2) is 8.93. The van der Waals surface area contributed by atoms with Crippen LogP contribution in [0.15, 0.2) is 72.8 Å². The van der Waals surface area contributed by atoms with Gasteiger partial charge in [-0.1, -0.05) is 76.2 Å². The van der Waals surface area contributed by atoms with E-state index in [-0.39, 0.29) is 10.8 Å². The minimum Gasteiger partial charge on any atom is -0.444 e. The van der Waals surface area contributed by atoms with E-state index >= 15 is 0 Å². The summed E-state index contributed by atoms with van der Waals surface area (Å²) in [6, 6.07) is 22.4. The Bertz CT molecular complexity index is 1160. The van der Waals surface area contributed by atoms with Gasteiger partial charge in [0.1, 0.15) is 5.60 Å². The number of carbonyl (C=O) groups is 1. The lowest BCUT2D eigenvalue weighted by Crippen LogP contribution is -2.27. The number of hydrogen-bond donors (Lipinski definition) is 2. The maximum absolute atomic E-state index is 12.1. The Kier molecular flexibility index (Phi) is 6.20. The topological polar surface area (TPSA) is 64.3 Å². The number of anilines is 2. The first-order valence-corrected chi connectivity index (χ1v) is 11.3. The van der Waals surface area contributed by atoms with E-state index in [9.17, 15) is 4.79 Å². The molecule has 0 saturated carbocycles. The molecule has 0 atom stereocenters. The standard InChI is InChI=1S/C29H36N2O2/c1-27(2,3)33-26(32)31-25-18-14-23(15-19-25)29(6,7)21-10-8-20(9-11-21)28(4,5)22-12-16-24(30)17-13-22/h8-19H,30H2,1-7H3,(H,31,32)/i14D. The second-order valence-corrected chi connectivity index (χ2v) is 10.6. The highest BCUT2D eigenvalue weighted by Crippen LogP contribution is 2.36. The van der Waals surface area contributed by atoms with Gasteiger partial charge in [0.25, 0.3) is 0 Å². The fourth-order valence-electron chi connectivity index (χ4n) is 3.84. The Labute approximate surface area is 199 Å². The predicted molar refractivity (Wildman–Crippen MR) is 138 cm³/mol. The third kappa shape index (κ3) is 5.75. The third-order valence-electron chi connectivity index (χ3n) is 6.09. The Morgan fingerprint density at radius 1 is 0.727 bits per heavy atom. The number of benzene rings is 3. The van der Waals surface area contributed by atoms with Crippen LogP contribution < -0.4 is 11.1 Å². The van der Waals surface area contributed by atoms with Crippen molar-refractivity contribution in [2.75, 3.05) is 11.1 Å². The van der Waals surface area contributed by atoms with Gasteiger partial charge in [-0.3, -0.25) is 5.32 Å². The van der Waals surface area contributed by atoms with Crippen LogP contribution in [0.4, 0.5) is 16.2 Å². The molecule has 33 heavy (non-hydrogen) atoms. The molecule has 3 rings (SSSR count). The van der Waals surface area contributed by atoms with Crippen LogP contribution in [0.2, 0.25) is 0 Å². The van der Waals surface area contributed by atoms with Gasteiger partial charge in [0.2, 0.25) is 0 Å². The molecular weight excluding hydrogens is 408 g/mol. The molecule has 3 aromatic carbocycles. The normalized spacial score (nSPS) is 12.8. The first kappa shape index (κ1) is 22.9. The van der Waals surface area contributed by atoms with Gasteiger partial charge in [-0.25, -0.2) is 4.79 Å². The first-order chi connectivity index (χ1) is 15.7. The van der Waals surface area contributed by atoms with E-state index in [0.717, 1.165) is 16.8 Å². The van der Waals surface area contributed by atoms with Crippen LogP contribution in [0.1, 0.15) is 72.1 Å². The van der Waals surface area contributed by atoms with E-state index in [2.05, 4.69) is 69.4 Å². The molecule has 1 amide bonds. The molecule has 3 aromatic rings. The van der Waals surface area contributed by atoms with Crippen LogP contribution in [-0.4, -0.2) is 11.7 Å². The Balaban J connectivity index is 1.83. The fourth-order valence-corrected chi connectivity index (χ4v) is 3.84.